The summed E-state index contributed by atoms with van der Waals surface area (Å²) in [5.74, 6) is 2.26. The predicted octanol–water partition coefficient (Wildman–Crippen LogP) is 3.33. The van der Waals surface area contributed by atoms with E-state index in [4.69, 9.17) is 4.98 Å². The minimum absolute atomic E-state index is 0.700. The van der Waals surface area contributed by atoms with Crippen LogP contribution in [0.25, 0.3) is 34.5 Å². The van der Waals surface area contributed by atoms with Gasteiger partial charge in [0.1, 0.15) is 5.82 Å². The second kappa shape index (κ2) is 5.13. The molecule has 116 valence electrons. The fraction of sp³-hybridized carbons (Fsp3) is 0.182. The van der Waals surface area contributed by atoms with Crippen molar-refractivity contribution in [1.29, 1.82) is 0 Å². The van der Waals surface area contributed by atoms with Crippen molar-refractivity contribution in [2.45, 2.75) is 13.3 Å². The minimum atomic E-state index is 0.700. The highest BCUT2D eigenvalue weighted by atomic mass is 14.9. The van der Waals surface area contributed by atoms with Gasteiger partial charge in [0.05, 0.1) is 11.0 Å². The molecule has 1 saturated carbocycles. The van der Waals surface area contributed by atoms with Crippen LogP contribution >= 0.6 is 0 Å². The summed E-state index contributed by atoms with van der Waals surface area (Å²) in [6.07, 6.45) is 5.97. The Labute approximate surface area is 141 Å². The monoisotopic (exact) mass is 310 g/mol. The van der Waals surface area contributed by atoms with Crippen molar-refractivity contribution in [3.8, 4) is 22.4 Å². The van der Waals surface area contributed by atoms with E-state index in [-0.39, 0.29) is 0 Å². The molecule has 0 amide bonds. The molecule has 0 spiro atoms. The normalized spacial score (nSPS) is 20.4. The van der Waals surface area contributed by atoms with Crippen molar-refractivity contribution in [2.24, 2.45) is 11.8 Å². The first-order valence-corrected chi connectivity index (χ1v) is 8.52. The van der Waals surface area contributed by atoms with E-state index in [0.717, 1.165) is 16.9 Å². The number of benzene rings is 2. The molecule has 2 aromatic carbocycles. The largest absolute Gasteiger partial charge is 0.234 e. The smallest absolute Gasteiger partial charge is 0.126 e. The predicted molar refractivity (Wildman–Crippen MR) is 97.4 cm³/mol. The molecule has 2 heteroatoms. The van der Waals surface area contributed by atoms with Gasteiger partial charge in [0.25, 0.3) is 0 Å². The van der Waals surface area contributed by atoms with E-state index < -0.39 is 0 Å². The number of fused-ring (bicyclic) bond motifs is 2. The molecule has 0 N–H and O–H groups in total. The fourth-order valence-corrected chi connectivity index (χ4v) is 3.60. The molecule has 3 aromatic rings. The summed E-state index contributed by atoms with van der Waals surface area (Å²) in [5.41, 5.74) is 4.71. The quantitative estimate of drug-likeness (QED) is 0.725. The van der Waals surface area contributed by atoms with Crippen LogP contribution in [0.3, 0.4) is 0 Å². The van der Waals surface area contributed by atoms with Gasteiger partial charge in [-0.3, -0.25) is 0 Å². The first-order valence-electron chi connectivity index (χ1n) is 8.52. The maximum Gasteiger partial charge on any atom is 0.126 e. The highest BCUT2D eigenvalue weighted by molar-refractivity contribution is 5.70. The van der Waals surface area contributed by atoms with Crippen LogP contribution in [0.2, 0.25) is 0 Å². The van der Waals surface area contributed by atoms with Crippen LogP contribution in [0.15, 0.2) is 54.6 Å². The Balaban J connectivity index is 1.63. The van der Waals surface area contributed by atoms with E-state index in [0.29, 0.717) is 11.8 Å². The zero-order chi connectivity index (χ0) is 16.1. The van der Waals surface area contributed by atoms with E-state index in [1.165, 1.54) is 28.3 Å². The highest BCUT2D eigenvalue weighted by Crippen LogP contribution is 2.42. The Morgan fingerprint density at radius 1 is 0.750 bits per heavy atom. The molecule has 0 radical (unpaired) electrons. The molecule has 24 heavy (non-hydrogen) atoms. The fourth-order valence-electron chi connectivity index (χ4n) is 3.60. The molecule has 0 saturated heterocycles. The van der Waals surface area contributed by atoms with Gasteiger partial charge in [-0.2, -0.15) is 0 Å². The van der Waals surface area contributed by atoms with E-state index in [9.17, 15) is 0 Å². The number of hydrogen-bond acceptors (Lipinski definition) is 2. The van der Waals surface area contributed by atoms with Gasteiger partial charge in [0, 0.05) is 10.8 Å². The molecule has 1 fully saturated rings. The molecular weight excluding hydrogens is 292 g/mol. The second-order valence-corrected chi connectivity index (χ2v) is 6.76. The number of rotatable bonds is 2. The molecule has 1 heterocycles. The Morgan fingerprint density at radius 3 is 2.21 bits per heavy atom. The number of aryl methyl sites for hydroxylation is 1. The van der Waals surface area contributed by atoms with Crippen LogP contribution in [0.4, 0.5) is 0 Å². The molecular formula is C22H18N2. The lowest BCUT2D eigenvalue weighted by Crippen LogP contribution is -2.34. The van der Waals surface area contributed by atoms with Crippen molar-refractivity contribution in [1.82, 2.24) is 9.97 Å². The molecule has 2 unspecified atom stereocenters. The number of hydrogen-bond donors (Lipinski definition) is 0. The molecule has 0 bridgehead atoms. The maximum atomic E-state index is 4.75. The topological polar surface area (TPSA) is 25.8 Å². The number of nitrogens with zero attached hydrogens (tertiary/aromatic N) is 2. The number of aromatic nitrogens is 2. The average molecular weight is 310 g/mol. The Kier molecular flexibility index (Phi) is 2.93. The zero-order valence-corrected chi connectivity index (χ0v) is 13.6. The lowest BCUT2D eigenvalue weighted by Gasteiger charge is -2.08. The van der Waals surface area contributed by atoms with Gasteiger partial charge in [-0.1, -0.05) is 66.7 Å². The van der Waals surface area contributed by atoms with Crippen LogP contribution in [0.1, 0.15) is 12.2 Å². The van der Waals surface area contributed by atoms with Gasteiger partial charge in [-0.25, -0.2) is 9.97 Å². The van der Waals surface area contributed by atoms with Gasteiger partial charge in [0.15, 0.2) is 0 Å². The average Bonchev–Trinajstić information content (AvgIpc) is 3.38. The minimum Gasteiger partial charge on any atom is -0.234 e. The molecule has 2 atom stereocenters. The standard InChI is InChI=1S/C22H18N2/c1-14-23-21-13-19-11-18(19)12-20(21)22(24-14)17-9-7-16(8-10-17)15-5-3-2-4-6-15/h2-10,12-13,18-19H,11H2,1H3. The Bertz CT molecular complexity index is 1030. The summed E-state index contributed by atoms with van der Waals surface area (Å²) in [6, 6.07) is 19.2. The van der Waals surface area contributed by atoms with Crippen molar-refractivity contribution < 1.29 is 0 Å². The summed E-state index contributed by atoms with van der Waals surface area (Å²) in [5, 5.41) is 2.33. The summed E-state index contributed by atoms with van der Waals surface area (Å²) < 4.78 is 0. The Hall–Kier alpha value is -2.74. The maximum absolute atomic E-state index is 4.75. The third-order valence-electron chi connectivity index (χ3n) is 5.00. The zero-order valence-electron chi connectivity index (χ0n) is 13.6. The molecule has 0 aliphatic heterocycles. The van der Waals surface area contributed by atoms with Crippen LogP contribution in [-0.2, 0) is 0 Å². The molecule has 1 aromatic heterocycles. The lowest BCUT2D eigenvalue weighted by atomic mass is 10.0. The lowest BCUT2D eigenvalue weighted by molar-refractivity contribution is 0.969. The van der Waals surface area contributed by atoms with Crippen molar-refractivity contribution in [3.05, 3.63) is 71.0 Å². The van der Waals surface area contributed by atoms with Crippen molar-refractivity contribution in [2.75, 3.05) is 0 Å². The molecule has 5 rings (SSSR count). The third kappa shape index (κ3) is 2.26. The third-order valence-corrected chi connectivity index (χ3v) is 5.00. The second-order valence-electron chi connectivity index (χ2n) is 6.76. The summed E-state index contributed by atoms with van der Waals surface area (Å²) >= 11 is 0. The first-order chi connectivity index (χ1) is 11.8. The van der Waals surface area contributed by atoms with Crippen molar-refractivity contribution >= 4 is 12.2 Å². The summed E-state index contributed by atoms with van der Waals surface area (Å²) in [7, 11) is 0. The molecule has 2 aliphatic carbocycles. The van der Waals surface area contributed by atoms with Gasteiger partial charge in [-0.05, 0) is 36.3 Å². The van der Waals surface area contributed by atoms with Crippen molar-refractivity contribution in [3.63, 3.8) is 0 Å². The first kappa shape index (κ1) is 13.7. The highest BCUT2D eigenvalue weighted by Gasteiger charge is 2.35. The van der Waals surface area contributed by atoms with Gasteiger partial charge >= 0.3 is 0 Å². The van der Waals surface area contributed by atoms with Gasteiger partial charge in [-0.15, -0.1) is 0 Å². The molecule has 2 aliphatic rings. The van der Waals surface area contributed by atoms with Crippen LogP contribution < -0.4 is 10.6 Å². The Morgan fingerprint density at radius 2 is 1.42 bits per heavy atom. The van der Waals surface area contributed by atoms with E-state index in [2.05, 4.69) is 65.7 Å². The SMILES string of the molecule is Cc1nc(-c2ccc(-c3ccccc3)cc2)c2c(n1)=CC1CC1C=2. The van der Waals surface area contributed by atoms with E-state index in [1.807, 2.05) is 13.0 Å². The van der Waals surface area contributed by atoms with E-state index >= 15 is 0 Å². The van der Waals surface area contributed by atoms with Crippen LogP contribution in [0, 0.1) is 18.8 Å². The van der Waals surface area contributed by atoms with Crippen LogP contribution in [-0.4, -0.2) is 9.97 Å². The van der Waals surface area contributed by atoms with Crippen LogP contribution in [0.5, 0.6) is 0 Å². The van der Waals surface area contributed by atoms with Gasteiger partial charge < -0.3 is 0 Å². The van der Waals surface area contributed by atoms with E-state index in [1.54, 1.807) is 0 Å². The summed E-state index contributed by atoms with van der Waals surface area (Å²) in [4.78, 5) is 9.39. The molecule has 2 nitrogen and oxygen atoms in total. The summed E-state index contributed by atoms with van der Waals surface area (Å²) in [6.45, 7) is 1.98. The van der Waals surface area contributed by atoms with Gasteiger partial charge in [0.2, 0.25) is 0 Å².